The molecule has 0 fully saturated rings. The Kier molecular flexibility index (Phi) is 5.64. The van der Waals surface area contributed by atoms with Gasteiger partial charge in [-0.2, -0.15) is 0 Å². The third kappa shape index (κ3) is 4.39. The minimum Gasteiger partial charge on any atom is -0.504 e. The van der Waals surface area contributed by atoms with E-state index in [1.807, 2.05) is 36.4 Å². The summed E-state index contributed by atoms with van der Waals surface area (Å²) in [5.41, 5.74) is 3.83. The topological polar surface area (TPSA) is 97.9 Å². The Hall–Kier alpha value is -3.78. The van der Waals surface area contributed by atoms with Gasteiger partial charge in [-0.15, -0.1) is 11.3 Å². The van der Waals surface area contributed by atoms with Crippen molar-refractivity contribution >= 4 is 39.1 Å². The minimum absolute atomic E-state index is 0.0552. The van der Waals surface area contributed by atoms with Crippen molar-refractivity contribution in [1.29, 1.82) is 0 Å². The zero-order valence-electron chi connectivity index (χ0n) is 16.9. The van der Waals surface area contributed by atoms with Crippen LogP contribution in [-0.2, 0) is 0 Å². The molecular weight excluding hydrogens is 414 g/mol. The molecule has 8 heteroatoms. The van der Waals surface area contributed by atoms with Gasteiger partial charge in [-0.25, -0.2) is 4.98 Å². The van der Waals surface area contributed by atoms with Crippen LogP contribution in [0.1, 0.15) is 18.1 Å². The van der Waals surface area contributed by atoms with Crippen LogP contribution in [0.2, 0.25) is 0 Å². The normalized spacial score (nSPS) is 11.3. The maximum absolute atomic E-state index is 11.2. The second-order valence-electron chi connectivity index (χ2n) is 6.87. The molecule has 0 amide bonds. The molecule has 1 aromatic heterocycles. The first-order valence-electron chi connectivity index (χ1n) is 9.60. The third-order valence-corrected chi connectivity index (χ3v) is 5.68. The van der Waals surface area contributed by atoms with Crippen LogP contribution in [0.3, 0.4) is 0 Å². The summed E-state index contributed by atoms with van der Waals surface area (Å²) >= 11 is 1.63. The Morgan fingerprint density at radius 2 is 1.97 bits per heavy atom. The average molecular weight is 433 g/mol. The molecule has 0 saturated heterocycles. The Morgan fingerprint density at radius 3 is 2.68 bits per heavy atom. The third-order valence-electron chi connectivity index (χ3n) is 4.61. The number of nitrogens with zero attached hydrogens (tertiary/aromatic N) is 3. The number of fused-ring (bicyclic) bond motifs is 1. The SMILES string of the molecule is CCOc1cc([N+](=O)[O-])cc(C=Nc2ccc(-c3nc4ccc(C)cc4s3)cc2)c1O. The molecule has 1 N–H and O–H groups in total. The van der Waals surface area contributed by atoms with Gasteiger partial charge in [0.25, 0.3) is 5.69 Å². The minimum atomic E-state index is -0.534. The standard InChI is InChI=1S/C23H19N3O4S/c1-3-30-20-12-18(26(28)29)11-16(22(20)27)13-24-17-7-5-15(6-8-17)23-25-19-9-4-14(2)10-21(19)31-23/h4-13,27H,3H2,1-2H3. The highest BCUT2D eigenvalue weighted by Crippen LogP contribution is 2.35. The fourth-order valence-electron chi connectivity index (χ4n) is 3.07. The van der Waals surface area contributed by atoms with E-state index in [9.17, 15) is 15.2 Å². The average Bonchev–Trinajstić information content (AvgIpc) is 3.18. The van der Waals surface area contributed by atoms with E-state index in [0.717, 1.165) is 20.8 Å². The fraction of sp³-hybridized carbons (Fsp3) is 0.130. The zero-order chi connectivity index (χ0) is 22.0. The molecule has 1 heterocycles. The monoisotopic (exact) mass is 433 g/mol. The largest absolute Gasteiger partial charge is 0.504 e. The van der Waals surface area contributed by atoms with E-state index >= 15 is 0 Å². The molecule has 0 aliphatic carbocycles. The molecule has 156 valence electrons. The number of ether oxygens (including phenoxy) is 1. The van der Waals surface area contributed by atoms with Crippen molar-refractivity contribution in [3.8, 4) is 22.1 Å². The highest BCUT2D eigenvalue weighted by Gasteiger charge is 2.16. The fourth-order valence-corrected chi connectivity index (χ4v) is 4.14. The van der Waals surface area contributed by atoms with E-state index in [1.165, 1.54) is 23.9 Å². The number of phenols is 1. The summed E-state index contributed by atoms with van der Waals surface area (Å²) in [6, 6.07) is 16.2. The van der Waals surface area contributed by atoms with Crippen molar-refractivity contribution in [2.75, 3.05) is 6.61 Å². The number of rotatable bonds is 6. The summed E-state index contributed by atoms with van der Waals surface area (Å²) < 4.78 is 6.44. The van der Waals surface area contributed by atoms with Crippen LogP contribution in [-0.4, -0.2) is 27.8 Å². The summed E-state index contributed by atoms with van der Waals surface area (Å²) in [6.07, 6.45) is 1.39. The quantitative estimate of drug-likeness (QED) is 0.227. The highest BCUT2D eigenvalue weighted by molar-refractivity contribution is 7.21. The first-order valence-corrected chi connectivity index (χ1v) is 10.4. The number of phenolic OH excluding ortho intramolecular Hbond substituents is 1. The van der Waals surface area contributed by atoms with Crippen LogP contribution in [0.25, 0.3) is 20.8 Å². The summed E-state index contributed by atoms with van der Waals surface area (Å²) in [4.78, 5) is 19.7. The van der Waals surface area contributed by atoms with Crippen molar-refractivity contribution in [2.45, 2.75) is 13.8 Å². The first-order chi connectivity index (χ1) is 14.9. The first kappa shape index (κ1) is 20.5. The molecule has 3 aromatic carbocycles. The van der Waals surface area contributed by atoms with Crippen LogP contribution in [0.5, 0.6) is 11.5 Å². The number of non-ortho nitro benzene ring substituents is 1. The lowest BCUT2D eigenvalue weighted by Gasteiger charge is -2.07. The van der Waals surface area contributed by atoms with Gasteiger partial charge in [0.1, 0.15) is 5.01 Å². The molecule has 0 radical (unpaired) electrons. The van der Waals surface area contributed by atoms with Crippen molar-refractivity contribution in [3.63, 3.8) is 0 Å². The molecule has 0 saturated carbocycles. The molecule has 0 unspecified atom stereocenters. The van der Waals surface area contributed by atoms with Gasteiger partial charge in [0.05, 0.1) is 33.5 Å². The van der Waals surface area contributed by atoms with Crippen molar-refractivity contribution < 1.29 is 14.8 Å². The van der Waals surface area contributed by atoms with Gasteiger partial charge in [0.2, 0.25) is 0 Å². The molecule has 0 aliphatic heterocycles. The van der Waals surface area contributed by atoms with Gasteiger partial charge in [-0.1, -0.05) is 6.07 Å². The Bertz CT molecular complexity index is 1300. The molecule has 0 spiro atoms. The lowest BCUT2D eigenvalue weighted by molar-refractivity contribution is -0.385. The summed E-state index contributed by atoms with van der Waals surface area (Å²) in [5.74, 6) is -0.128. The van der Waals surface area contributed by atoms with E-state index < -0.39 is 4.92 Å². The van der Waals surface area contributed by atoms with Crippen molar-refractivity contribution in [3.05, 3.63) is 75.8 Å². The Labute approximate surface area is 182 Å². The van der Waals surface area contributed by atoms with Crippen molar-refractivity contribution in [2.24, 2.45) is 4.99 Å². The van der Waals surface area contributed by atoms with E-state index in [4.69, 9.17) is 4.74 Å². The highest BCUT2D eigenvalue weighted by atomic mass is 32.1. The Morgan fingerprint density at radius 1 is 1.19 bits per heavy atom. The van der Waals surface area contributed by atoms with Crippen LogP contribution in [0, 0.1) is 17.0 Å². The molecule has 0 atom stereocenters. The molecule has 31 heavy (non-hydrogen) atoms. The number of hydrogen-bond donors (Lipinski definition) is 1. The number of hydrogen-bond acceptors (Lipinski definition) is 7. The lowest BCUT2D eigenvalue weighted by atomic mass is 10.1. The summed E-state index contributed by atoms with van der Waals surface area (Å²) in [6.45, 7) is 4.07. The van der Waals surface area contributed by atoms with E-state index in [0.29, 0.717) is 5.69 Å². The summed E-state index contributed by atoms with van der Waals surface area (Å²) in [7, 11) is 0. The second-order valence-corrected chi connectivity index (χ2v) is 7.90. The van der Waals surface area contributed by atoms with Crippen LogP contribution in [0.4, 0.5) is 11.4 Å². The van der Waals surface area contributed by atoms with Gasteiger partial charge in [0.15, 0.2) is 11.5 Å². The summed E-state index contributed by atoms with van der Waals surface area (Å²) in [5, 5.41) is 22.4. The number of aromatic hydroxyl groups is 1. The molecular formula is C23H19N3O4S. The number of aromatic nitrogens is 1. The maximum atomic E-state index is 11.2. The molecule has 7 nitrogen and oxygen atoms in total. The predicted octanol–water partition coefficient (Wildman–Crippen LogP) is 6.03. The molecule has 4 aromatic rings. The van der Waals surface area contributed by atoms with Gasteiger partial charge in [0, 0.05) is 23.4 Å². The molecule has 0 aliphatic rings. The zero-order valence-corrected chi connectivity index (χ0v) is 17.7. The van der Waals surface area contributed by atoms with Crippen LogP contribution in [0.15, 0.2) is 59.6 Å². The maximum Gasteiger partial charge on any atom is 0.274 e. The number of aliphatic imine (C=N–C) groups is 1. The lowest BCUT2D eigenvalue weighted by Crippen LogP contribution is -1.97. The second kappa shape index (κ2) is 8.53. The van der Waals surface area contributed by atoms with Crippen LogP contribution >= 0.6 is 11.3 Å². The molecule has 0 bridgehead atoms. The number of nitro benzene ring substituents is 1. The van der Waals surface area contributed by atoms with Gasteiger partial charge in [-0.3, -0.25) is 15.1 Å². The van der Waals surface area contributed by atoms with E-state index in [1.54, 1.807) is 18.3 Å². The van der Waals surface area contributed by atoms with Gasteiger partial charge in [-0.05, 0) is 55.8 Å². The van der Waals surface area contributed by atoms with Crippen molar-refractivity contribution in [1.82, 2.24) is 4.98 Å². The molecule has 4 rings (SSSR count). The number of aryl methyl sites for hydroxylation is 1. The number of nitro groups is 1. The number of thiazole rings is 1. The van der Waals surface area contributed by atoms with Gasteiger partial charge < -0.3 is 9.84 Å². The Balaban J connectivity index is 1.60. The van der Waals surface area contributed by atoms with E-state index in [2.05, 4.69) is 23.0 Å². The van der Waals surface area contributed by atoms with E-state index in [-0.39, 0.29) is 29.4 Å². The predicted molar refractivity (Wildman–Crippen MR) is 123 cm³/mol. The van der Waals surface area contributed by atoms with Gasteiger partial charge >= 0.3 is 0 Å². The smallest absolute Gasteiger partial charge is 0.274 e. The van der Waals surface area contributed by atoms with Crippen LogP contribution < -0.4 is 4.74 Å². The number of benzene rings is 3.